The Bertz CT molecular complexity index is 941. The van der Waals surface area contributed by atoms with Gasteiger partial charge in [-0.15, -0.1) is 0 Å². The van der Waals surface area contributed by atoms with Crippen LogP contribution < -0.4 is 5.43 Å². The molecular weight excluding hydrogens is 374 g/mol. The van der Waals surface area contributed by atoms with Gasteiger partial charge in [0.1, 0.15) is 27.7 Å². The number of nitrogens with zero attached hydrogens (tertiary/aromatic N) is 1. The number of benzene rings is 1. The van der Waals surface area contributed by atoms with E-state index in [1.54, 1.807) is 0 Å². The molecule has 1 aromatic carbocycles. The number of rotatable bonds is 4. The number of phenolic OH excluding ortho intramolecular Hbond substituents is 2. The molecule has 9 heteroatoms. The van der Waals surface area contributed by atoms with Crippen LogP contribution in [0.3, 0.4) is 0 Å². The van der Waals surface area contributed by atoms with E-state index in [4.69, 9.17) is 9.52 Å². The van der Waals surface area contributed by atoms with Gasteiger partial charge < -0.3 is 29.7 Å². The van der Waals surface area contributed by atoms with Gasteiger partial charge in [0.05, 0.1) is 6.10 Å². The van der Waals surface area contributed by atoms with Crippen LogP contribution in [-0.2, 0) is 4.79 Å². The molecule has 2 heterocycles. The van der Waals surface area contributed by atoms with Crippen molar-refractivity contribution in [1.82, 2.24) is 4.90 Å². The van der Waals surface area contributed by atoms with Gasteiger partial charge >= 0.3 is 5.97 Å². The molecule has 1 saturated heterocycles. The van der Waals surface area contributed by atoms with Crippen LogP contribution in [0, 0.1) is 0 Å². The molecule has 0 radical (unpaired) electrons. The average Bonchev–Trinajstić information content (AvgIpc) is 2.55. The van der Waals surface area contributed by atoms with Crippen molar-refractivity contribution >= 4 is 28.7 Å². The Balaban J connectivity index is 2.19. The number of thioether (sulfide) groups is 1. The van der Waals surface area contributed by atoms with Gasteiger partial charge in [-0.1, -0.05) is 11.8 Å². The van der Waals surface area contributed by atoms with E-state index in [9.17, 15) is 24.9 Å². The number of likely N-dealkylation sites (tertiary alicyclic amines) is 1. The number of aliphatic hydroxyl groups is 1. The molecule has 0 aliphatic carbocycles. The summed E-state index contributed by atoms with van der Waals surface area (Å²) in [5.41, 5.74) is -0.308. The molecule has 1 aliphatic heterocycles. The second-order valence-corrected chi connectivity index (χ2v) is 8.13. The van der Waals surface area contributed by atoms with E-state index in [0.29, 0.717) is 19.5 Å². The molecule has 146 valence electrons. The maximum Gasteiger partial charge on any atom is 0.316 e. The van der Waals surface area contributed by atoms with Crippen LogP contribution in [0.2, 0.25) is 0 Å². The predicted molar refractivity (Wildman–Crippen MR) is 99.6 cm³/mol. The molecule has 3 rings (SSSR count). The number of hydrogen-bond donors (Lipinski definition) is 4. The van der Waals surface area contributed by atoms with Crippen LogP contribution in [0.1, 0.15) is 24.8 Å². The number of hydrogen-bond acceptors (Lipinski definition) is 8. The summed E-state index contributed by atoms with van der Waals surface area (Å²) in [6.45, 7) is 2.53. The molecule has 4 N–H and O–H groups in total. The molecule has 3 atom stereocenters. The first kappa shape index (κ1) is 19.5. The van der Waals surface area contributed by atoms with Gasteiger partial charge in [-0.05, 0) is 26.9 Å². The summed E-state index contributed by atoms with van der Waals surface area (Å²) >= 11 is 0.849. The molecule has 0 saturated carbocycles. The third kappa shape index (κ3) is 3.76. The minimum atomic E-state index is -1.06. The summed E-state index contributed by atoms with van der Waals surface area (Å²) in [6.07, 6.45) is -0.264. The number of β-amino-alcohol motifs (C(OH)–C–C–N with tert-alkyl or cyclic N) is 1. The minimum absolute atomic E-state index is 0.0197. The number of carboxylic acid groups (broad SMARTS) is 1. The third-order valence-electron chi connectivity index (χ3n) is 4.77. The Hall–Kier alpha value is -2.23. The second-order valence-electron chi connectivity index (χ2n) is 6.79. The molecule has 8 nitrogen and oxygen atoms in total. The summed E-state index contributed by atoms with van der Waals surface area (Å²) in [5.74, 6) is -2.24. The first-order valence-corrected chi connectivity index (χ1v) is 9.35. The van der Waals surface area contributed by atoms with Crippen LogP contribution in [-0.4, -0.2) is 62.8 Å². The largest absolute Gasteiger partial charge is 0.507 e. The molecule has 0 bridgehead atoms. The number of aliphatic hydroxyl groups excluding tert-OH is 1. The zero-order valence-electron chi connectivity index (χ0n) is 14.9. The van der Waals surface area contributed by atoms with Crippen molar-refractivity contribution < 1.29 is 29.6 Å². The van der Waals surface area contributed by atoms with Crippen LogP contribution >= 0.6 is 11.8 Å². The minimum Gasteiger partial charge on any atom is -0.507 e. The molecule has 3 unspecified atom stereocenters. The van der Waals surface area contributed by atoms with Crippen molar-refractivity contribution in [3.05, 3.63) is 27.9 Å². The summed E-state index contributed by atoms with van der Waals surface area (Å²) < 4.78 is 5.74. The Labute approximate surface area is 159 Å². The Morgan fingerprint density at radius 1 is 1.33 bits per heavy atom. The zero-order chi connectivity index (χ0) is 19.9. The predicted octanol–water partition coefficient (Wildman–Crippen LogP) is 1.55. The van der Waals surface area contributed by atoms with Crippen molar-refractivity contribution in [2.45, 2.75) is 35.7 Å². The fourth-order valence-electron chi connectivity index (χ4n) is 3.37. The van der Waals surface area contributed by atoms with Gasteiger partial charge in [-0.25, -0.2) is 0 Å². The summed E-state index contributed by atoms with van der Waals surface area (Å²) in [7, 11) is 1.87. The maximum absolute atomic E-state index is 12.5. The number of fused-ring (bicyclic) bond motifs is 1. The fourth-order valence-corrected chi connectivity index (χ4v) is 4.12. The van der Waals surface area contributed by atoms with E-state index in [2.05, 4.69) is 0 Å². The Morgan fingerprint density at radius 3 is 2.67 bits per heavy atom. The monoisotopic (exact) mass is 395 g/mol. The standard InChI is InChI=1S/C18H21NO7S/c1-8(18(24)25)27-14-6-12(22)16-11(21)5-10(20)15(17(16)26-14)9-3-4-19(2)7-13(9)23/h5-6,8-9,13,20-21,23H,3-4,7H2,1-2H3,(H,24,25). The highest BCUT2D eigenvalue weighted by Crippen LogP contribution is 2.42. The van der Waals surface area contributed by atoms with Gasteiger partial charge in [-0.2, -0.15) is 0 Å². The lowest BCUT2D eigenvalue weighted by molar-refractivity contribution is -0.136. The number of aromatic hydroxyl groups is 2. The number of likely N-dealkylation sites (N-methyl/N-ethyl adjacent to an activating group) is 1. The van der Waals surface area contributed by atoms with Crippen LogP contribution in [0.4, 0.5) is 0 Å². The normalized spacial score (nSPS) is 22.0. The van der Waals surface area contributed by atoms with Gasteiger partial charge in [-0.3, -0.25) is 9.59 Å². The summed E-state index contributed by atoms with van der Waals surface area (Å²) in [4.78, 5) is 25.6. The van der Waals surface area contributed by atoms with Crippen molar-refractivity contribution in [1.29, 1.82) is 0 Å². The fraction of sp³-hybridized carbons (Fsp3) is 0.444. The first-order chi connectivity index (χ1) is 12.7. The smallest absolute Gasteiger partial charge is 0.316 e. The number of carboxylic acids is 1. The van der Waals surface area contributed by atoms with Crippen molar-refractivity contribution in [3.63, 3.8) is 0 Å². The first-order valence-electron chi connectivity index (χ1n) is 8.47. The molecule has 27 heavy (non-hydrogen) atoms. The molecular formula is C18H21NO7S. The lowest BCUT2D eigenvalue weighted by atomic mass is 9.85. The van der Waals surface area contributed by atoms with Crippen molar-refractivity contribution in [3.8, 4) is 11.5 Å². The van der Waals surface area contributed by atoms with E-state index in [-0.39, 0.29) is 27.4 Å². The highest BCUT2D eigenvalue weighted by molar-refractivity contribution is 8.00. The summed E-state index contributed by atoms with van der Waals surface area (Å²) in [6, 6.07) is 2.20. The van der Waals surface area contributed by atoms with E-state index in [1.165, 1.54) is 6.92 Å². The van der Waals surface area contributed by atoms with E-state index in [1.807, 2.05) is 11.9 Å². The van der Waals surface area contributed by atoms with Crippen molar-refractivity contribution in [2.24, 2.45) is 0 Å². The van der Waals surface area contributed by atoms with E-state index < -0.39 is 34.4 Å². The van der Waals surface area contributed by atoms with Crippen molar-refractivity contribution in [2.75, 3.05) is 20.1 Å². The summed E-state index contributed by atoms with van der Waals surface area (Å²) in [5, 5.41) is 39.2. The lowest BCUT2D eigenvalue weighted by Crippen LogP contribution is -2.40. The molecule has 0 spiro atoms. The molecule has 2 aromatic rings. The van der Waals surface area contributed by atoms with E-state index >= 15 is 0 Å². The number of aliphatic carboxylic acids is 1. The quantitative estimate of drug-likeness (QED) is 0.569. The van der Waals surface area contributed by atoms with Gasteiger partial charge in [0.15, 0.2) is 10.5 Å². The SMILES string of the molecule is CC(Sc1cc(=O)c2c(O)cc(O)c(C3CCN(C)CC3O)c2o1)C(=O)O. The average molecular weight is 395 g/mol. The van der Waals surface area contributed by atoms with E-state index in [0.717, 1.165) is 23.9 Å². The number of carbonyl (C=O) groups is 1. The maximum atomic E-state index is 12.5. The topological polar surface area (TPSA) is 131 Å². The van der Waals surface area contributed by atoms with Crippen LogP contribution in [0.15, 0.2) is 26.4 Å². The number of phenols is 2. The van der Waals surface area contributed by atoms with Crippen LogP contribution in [0.25, 0.3) is 11.0 Å². The Kier molecular flexibility index (Phi) is 5.36. The van der Waals surface area contributed by atoms with Gasteiger partial charge in [0.25, 0.3) is 0 Å². The molecule has 1 aliphatic rings. The van der Waals surface area contributed by atoms with Crippen LogP contribution in [0.5, 0.6) is 11.5 Å². The van der Waals surface area contributed by atoms with Gasteiger partial charge in [0.2, 0.25) is 0 Å². The molecule has 1 fully saturated rings. The second kappa shape index (κ2) is 7.41. The highest BCUT2D eigenvalue weighted by atomic mass is 32.2. The molecule has 0 amide bonds. The molecule has 1 aromatic heterocycles. The third-order valence-corrected chi connectivity index (χ3v) is 5.76. The van der Waals surface area contributed by atoms with Gasteiger partial charge in [0, 0.05) is 30.2 Å². The highest BCUT2D eigenvalue weighted by Gasteiger charge is 2.33. The lowest BCUT2D eigenvalue weighted by Gasteiger charge is -2.34. The Morgan fingerprint density at radius 2 is 2.04 bits per heavy atom. The zero-order valence-corrected chi connectivity index (χ0v) is 15.7. The number of piperidine rings is 1.